The number of hydrogen-bond acceptors (Lipinski definition) is 2. The van der Waals surface area contributed by atoms with Crippen molar-refractivity contribution in [1.82, 2.24) is 0 Å². The molecular weight excluding hydrogens is 180 g/mol. The van der Waals surface area contributed by atoms with Crippen molar-refractivity contribution in [2.75, 3.05) is 0 Å². The monoisotopic (exact) mass is 202 g/mol. The second-order valence-corrected chi connectivity index (χ2v) is 4.52. The SMILES string of the molecule is CCCCC(C)(CC(C)C)OC(=O)O. The first kappa shape index (κ1) is 13.3. The molecule has 0 bridgehead atoms. The number of rotatable bonds is 6. The molecule has 0 saturated carbocycles. The lowest BCUT2D eigenvalue weighted by Crippen LogP contribution is -2.32. The Bertz CT molecular complexity index is 177. The van der Waals surface area contributed by atoms with Gasteiger partial charge in [-0.25, -0.2) is 4.79 Å². The van der Waals surface area contributed by atoms with Gasteiger partial charge in [0.1, 0.15) is 5.60 Å². The minimum atomic E-state index is -1.16. The Balaban J connectivity index is 4.24. The smallest absolute Gasteiger partial charge is 0.450 e. The van der Waals surface area contributed by atoms with Gasteiger partial charge in [0.25, 0.3) is 0 Å². The lowest BCUT2D eigenvalue weighted by Gasteiger charge is -2.29. The molecule has 0 spiro atoms. The molecule has 0 amide bonds. The summed E-state index contributed by atoms with van der Waals surface area (Å²) >= 11 is 0. The molecule has 1 unspecified atom stereocenters. The zero-order chi connectivity index (χ0) is 11.2. The van der Waals surface area contributed by atoms with E-state index in [1.165, 1.54) is 0 Å². The molecule has 1 atom stereocenters. The van der Waals surface area contributed by atoms with E-state index in [0.29, 0.717) is 5.92 Å². The van der Waals surface area contributed by atoms with Gasteiger partial charge in [-0.3, -0.25) is 0 Å². The van der Waals surface area contributed by atoms with Gasteiger partial charge in [-0.1, -0.05) is 27.2 Å². The molecule has 84 valence electrons. The van der Waals surface area contributed by atoms with E-state index in [9.17, 15) is 4.79 Å². The number of carbonyl (C=O) groups is 1. The molecule has 0 aromatic rings. The third kappa shape index (κ3) is 5.84. The summed E-state index contributed by atoms with van der Waals surface area (Å²) in [6.45, 7) is 8.14. The van der Waals surface area contributed by atoms with Crippen LogP contribution in [0.2, 0.25) is 0 Å². The number of carboxylic acid groups (broad SMARTS) is 1. The zero-order valence-electron chi connectivity index (χ0n) is 9.67. The van der Waals surface area contributed by atoms with E-state index in [1.807, 2.05) is 6.92 Å². The quantitative estimate of drug-likeness (QED) is 0.668. The predicted molar refractivity (Wildman–Crippen MR) is 56.5 cm³/mol. The average Bonchev–Trinajstić information content (AvgIpc) is 1.97. The van der Waals surface area contributed by atoms with E-state index in [4.69, 9.17) is 9.84 Å². The van der Waals surface area contributed by atoms with Gasteiger partial charge in [0.05, 0.1) is 0 Å². The highest BCUT2D eigenvalue weighted by Crippen LogP contribution is 2.26. The Morgan fingerprint density at radius 1 is 1.50 bits per heavy atom. The maximum atomic E-state index is 10.5. The van der Waals surface area contributed by atoms with Gasteiger partial charge in [-0.2, -0.15) is 0 Å². The van der Waals surface area contributed by atoms with Gasteiger partial charge in [0.15, 0.2) is 0 Å². The van der Waals surface area contributed by atoms with Gasteiger partial charge in [-0.15, -0.1) is 0 Å². The molecule has 0 aliphatic carbocycles. The molecule has 0 heterocycles. The molecule has 3 heteroatoms. The molecule has 14 heavy (non-hydrogen) atoms. The van der Waals surface area contributed by atoms with Crippen molar-refractivity contribution >= 4 is 6.16 Å². The summed E-state index contributed by atoms with van der Waals surface area (Å²) in [6.07, 6.45) is 2.52. The van der Waals surface area contributed by atoms with Crippen LogP contribution in [0.3, 0.4) is 0 Å². The third-order valence-corrected chi connectivity index (χ3v) is 2.23. The van der Waals surface area contributed by atoms with Crippen LogP contribution in [0, 0.1) is 5.92 Å². The normalized spacial score (nSPS) is 15.2. The largest absolute Gasteiger partial charge is 0.506 e. The van der Waals surface area contributed by atoms with Crippen LogP contribution in [0.1, 0.15) is 53.4 Å². The summed E-state index contributed by atoms with van der Waals surface area (Å²) in [5.74, 6) is 0.455. The highest BCUT2D eigenvalue weighted by molar-refractivity contribution is 5.57. The van der Waals surface area contributed by atoms with Crippen molar-refractivity contribution in [3.63, 3.8) is 0 Å². The van der Waals surface area contributed by atoms with E-state index >= 15 is 0 Å². The molecular formula is C11H22O3. The first-order valence-electron chi connectivity index (χ1n) is 5.31. The predicted octanol–water partition coefficient (Wildman–Crippen LogP) is 3.68. The van der Waals surface area contributed by atoms with Gasteiger partial charge in [-0.05, 0) is 32.1 Å². The lowest BCUT2D eigenvalue weighted by atomic mass is 9.89. The number of unbranched alkanes of at least 4 members (excludes halogenated alkanes) is 1. The fraction of sp³-hybridized carbons (Fsp3) is 0.909. The first-order valence-corrected chi connectivity index (χ1v) is 5.31. The van der Waals surface area contributed by atoms with E-state index in [0.717, 1.165) is 25.7 Å². The summed E-state index contributed by atoms with van der Waals surface area (Å²) < 4.78 is 4.97. The van der Waals surface area contributed by atoms with Crippen molar-refractivity contribution in [3.8, 4) is 0 Å². The fourth-order valence-corrected chi connectivity index (χ4v) is 1.82. The summed E-state index contributed by atoms with van der Waals surface area (Å²) in [7, 11) is 0. The minimum absolute atomic E-state index is 0.455. The standard InChI is InChI=1S/C11H22O3/c1-5-6-7-11(4,8-9(2)3)14-10(12)13/h9H,5-8H2,1-4H3,(H,12,13). The van der Waals surface area contributed by atoms with E-state index in [2.05, 4.69) is 20.8 Å². The summed E-state index contributed by atoms with van der Waals surface area (Å²) in [4.78, 5) is 10.5. The lowest BCUT2D eigenvalue weighted by molar-refractivity contribution is -0.0257. The maximum absolute atomic E-state index is 10.5. The average molecular weight is 202 g/mol. The van der Waals surface area contributed by atoms with Crippen LogP contribution in [0.5, 0.6) is 0 Å². The number of ether oxygens (including phenoxy) is 1. The Morgan fingerprint density at radius 3 is 2.43 bits per heavy atom. The van der Waals surface area contributed by atoms with Crippen LogP contribution in [0.4, 0.5) is 4.79 Å². The second kappa shape index (κ2) is 5.89. The topological polar surface area (TPSA) is 46.5 Å². The van der Waals surface area contributed by atoms with Crippen molar-refractivity contribution in [2.45, 2.75) is 59.0 Å². The van der Waals surface area contributed by atoms with Gasteiger partial charge >= 0.3 is 6.16 Å². The van der Waals surface area contributed by atoms with Gasteiger partial charge in [0.2, 0.25) is 0 Å². The maximum Gasteiger partial charge on any atom is 0.506 e. The summed E-state index contributed by atoms with van der Waals surface area (Å²) in [6, 6.07) is 0. The molecule has 0 rings (SSSR count). The van der Waals surface area contributed by atoms with Crippen LogP contribution >= 0.6 is 0 Å². The van der Waals surface area contributed by atoms with Gasteiger partial charge < -0.3 is 9.84 Å². The fourth-order valence-electron chi connectivity index (χ4n) is 1.82. The molecule has 0 radical (unpaired) electrons. The van der Waals surface area contributed by atoms with Crippen molar-refractivity contribution in [3.05, 3.63) is 0 Å². The second-order valence-electron chi connectivity index (χ2n) is 4.52. The van der Waals surface area contributed by atoms with Crippen LogP contribution in [-0.4, -0.2) is 16.9 Å². The Morgan fingerprint density at radius 2 is 2.07 bits per heavy atom. The van der Waals surface area contributed by atoms with Crippen molar-refractivity contribution in [2.24, 2.45) is 5.92 Å². The van der Waals surface area contributed by atoms with E-state index in [-0.39, 0.29) is 0 Å². The molecule has 0 aromatic heterocycles. The highest BCUT2D eigenvalue weighted by atomic mass is 16.7. The number of hydrogen-bond donors (Lipinski definition) is 1. The molecule has 0 aromatic carbocycles. The first-order chi connectivity index (χ1) is 6.39. The Hall–Kier alpha value is -0.730. The molecule has 0 aliphatic heterocycles. The zero-order valence-corrected chi connectivity index (χ0v) is 9.67. The summed E-state index contributed by atoms with van der Waals surface area (Å²) in [5, 5.41) is 8.64. The van der Waals surface area contributed by atoms with Crippen LogP contribution in [0.25, 0.3) is 0 Å². The molecule has 3 nitrogen and oxygen atoms in total. The Labute approximate surface area is 86.5 Å². The van der Waals surface area contributed by atoms with Crippen LogP contribution in [0.15, 0.2) is 0 Å². The third-order valence-electron chi connectivity index (χ3n) is 2.23. The molecule has 0 fully saturated rings. The molecule has 0 saturated heterocycles. The Kier molecular flexibility index (Phi) is 5.58. The van der Waals surface area contributed by atoms with E-state index < -0.39 is 11.8 Å². The molecule has 1 N–H and O–H groups in total. The van der Waals surface area contributed by atoms with Crippen molar-refractivity contribution < 1.29 is 14.6 Å². The van der Waals surface area contributed by atoms with Crippen molar-refractivity contribution in [1.29, 1.82) is 0 Å². The van der Waals surface area contributed by atoms with Crippen LogP contribution < -0.4 is 0 Å². The van der Waals surface area contributed by atoms with E-state index in [1.54, 1.807) is 0 Å². The summed E-state index contributed by atoms with van der Waals surface area (Å²) in [5.41, 5.74) is -0.504. The highest BCUT2D eigenvalue weighted by Gasteiger charge is 2.28. The minimum Gasteiger partial charge on any atom is -0.450 e. The molecule has 0 aliphatic rings. The van der Waals surface area contributed by atoms with Crippen LogP contribution in [-0.2, 0) is 4.74 Å². The van der Waals surface area contributed by atoms with Gasteiger partial charge in [0, 0.05) is 0 Å².